The molecule has 2 aromatic carbocycles. The Morgan fingerprint density at radius 3 is 2.60 bits per heavy atom. The minimum absolute atomic E-state index is 0.0106. The van der Waals surface area contributed by atoms with E-state index >= 15 is 0 Å². The number of esters is 1. The fraction of sp³-hybridized carbons (Fsp3) is 0.176. The Kier molecular flexibility index (Phi) is 5.82. The van der Waals surface area contributed by atoms with Gasteiger partial charge in [-0.2, -0.15) is 0 Å². The summed E-state index contributed by atoms with van der Waals surface area (Å²) >= 11 is 5.90. The van der Waals surface area contributed by atoms with Gasteiger partial charge >= 0.3 is 5.97 Å². The number of rotatable bonds is 5. The van der Waals surface area contributed by atoms with Crippen molar-refractivity contribution in [1.82, 2.24) is 0 Å². The van der Waals surface area contributed by atoms with Crippen molar-refractivity contribution >= 4 is 34.9 Å². The van der Waals surface area contributed by atoms with Crippen LogP contribution in [0.4, 0.5) is 15.8 Å². The lowest BCUT2D eigenvalue weighted by atomic mass is 10.2. The Morgan fingerprint density at radius 2 is 1.96 bits per heavy atom. The van der Waals surface area contributed by atoms with E-state index < -0.39 is 23.8 Å². The highest BCUT2D eigenvalue weighted by Crippen LogP contribution is 2.29. The van der Waals surface area contributed by atoms with E-state index in [1.807, 2.05) is 0 Å². The quantitative estimate of drug-likeness (QED) is 0.626. The maximum atomic E-state index is 13.6. The van der Waals surface area contributed by atoms with Gasteiger partial charge in [0, 0.05) is 6.07 Å². The summed E-state index contributed by atoms with van der Waals surface area (Å²) < 4.78 is 23.7. The van der Waals surface area contributed by atoms with Gasteiger partial charge in [0.05, 0.1) is 23.5 Å². The first kappa shape index (κ1) is 18.5. The van der Waals surface area contributed by atoms with E-state index in [0.29, 0.717) is 0 Å². The third-order valence-electron chi connectivity index (χ3n) is 3.32. The first-order valence-electron chi connectivity index (χ1n) is 7.23. The molecule has 0 aliphatic carbocycles. The molecular formula is C17H16ClFN2O4. The maximum Gasteiger partial charge on any atom is 0.342 e. The second kappa shape index (κ2) is 7.85. The van der Waals surface area contributed by atoms with Crippen molar-refractivity contribution in [2.24, 2.45) is 0 Å². The van der Waals surface area contributed by atoms with Gasteiger partial charge in [-0.05, 0) is 25.1 Å². The van der Waals surface area contributed by atoms with Crippen LogP contribution in [0.2, 0.25) is 5.02 Å². The summed E-state index contributed by atoms with van der Waals surface area (Å²) in [6.45, 7) is 1.36. The number of ether oxygens (including phenoxy) is 2. The van der Waals surface area contributed by atoms with E-state index in [9.17, 15) is 14.0 Å². The molecule has 0 saturated carbocycles. The number of hydrogen-bond donors (Lipinski definition) is 2. The number of benzene rings is 2. The zero-order valence-corrected chi connectivity index (χ0v) is 14.3. The van der Waals surface area contributed by atoms with Gasteiger partial charge in [0.15, 0.2) is 6.10 Å². The molecular weight excluding hydrogens is 351 g/mol. The molecule has 0 bridgehead atoms. The van der Waals surface area contributed by atoms with Crippen LogP contribution in [0.3, 0.4) is 0 Å². The zero-order valence-electron chi connectivity index (χ0n) is 13.5. The zero-order chi connectivity index (χ0) is 18.6. The first-order valence-corrected chi connectivity index (χ1v) is 7.60. The van der Waals surface area contributed by atoms with E-state index in [1.54, 1.807) is 6.07 Å². The topological polar surface area (TPSA) is 90.7 Å². The van der Waals surface area contributed by atoms with Gasteiger partial charge in [-0.25, -0.2) is 9.18 Å². The lowest BCUT2D eigenvalue weighted by Gasteiger charge is -2.15. The molecule has 1 unspecified atom stereocenters. The van der Waals surface area contributed by atoms with Gasteiger partial charge in [0.1, 0.15) is 17.1 Å². The van der Waals surface area contributed by atoms with Crippen LogP contribution in [0.25, 0.3) is 0 Å². The van der Waals surface area contributed by atoms with Crippen molar-refractivity contribution in [3.8, 4) is 5.75 Å². The van der Waals surface area contributed by atoms with Crippen molar-refractivity contribution in [1.29, 1.82) is 0 Å². The molecule has 0 aliphatic heterocycles. The summed E-state index contributed by atoms with van der Waals surface area (Å²) in [6, 6.07) is 8.32. The maximum absolute atomic E-state index is 13.6. The standard InChI is InChI=1S/C17H16ClFN2O4/c1-9(16(22)21-14-6-4-3-5-12(14)19)25-17(23)10-7-11(18)13(20)8-15(10)24-2/h3-9H,20H2,1-2H3,(H,21,22). The number of para-hydroxylation sites is 1. The molecule has 25 heavy (non-hydrogen) atoms. The summed E-state index contributed by atoms with van der Waals surface area (Å²) in [5.41, 5.74) is 5.90. The Hall–Kier alpha value is -2.80. The second-order valence-corrected chi connectivity index (χ2v) is 5.50. The largest absolute Gasteiger partial charge is 0.496 e. The minimum Gasteiger partial charge on any atom is -0.496 e. The van der Waals surface area contributed by atoms with Crippen LogP contribution in [-0.2, 0) is 9.53 Å². The summed E-state index contributed by atoms with van der Waals surface area (Å²) in [7, 11) is 1.35. The predicted molar refractivity (Wildman–Crippen MR) is 92.3 cm³/mol. The number of nitrogens with one attached hydrogen (secondary N) is 1. The van der Waals surface area contributed by atoms with Crippen molar-refractivity contribution in [2.45, 2.75) is 13.0 Å². The van der Waals surface area contributed by atoms with Gasteiger partial charge in [-0.3, -0.25) is 4.79 Å². The predicted octanol–water partition coefficient (Wildman–Crippen LogP) is 3.25. The van der Waals surface area contributed by atoms with Gasteiger partial charge in [-0.15, -0.1) is 0 Å². The Morgan fingerprint density at radius 1 is 1.28 bits per heavy atom. The summed E-state index contributed by atoms with van der Waals surface area (Å²) in [4.78, 5) is 24.3. The normalized spacial score (nSPS) is 11.5. The van der Waals surface area contributed by atoms with Crippen LogP contribution < -0.4 is 15.8 Å². The second-order valence-electron chi connectivity index (χ2n) is 5.09. The first-order chi connectivity index (χ1) is 11.8. The number of carbonyl (C=O) groups excluding carboxylic acids is 2. The van der Waals surface area contributed by atoms with E-state index in [2.05, 4.69) is 5.32 Å². The number of anilines is 2. The Labute approximate surface area is 148 Å². The highest BCUT2D eigenvalue weighted by atomic mass is 35.5. The lowest BCUT2D eigenvalue weighted by molar-refractivity contribution is -0.123. The molecule has 0 aromatic heterocycles. The van der Waals surface area contributed by atoms with E-state index in [4.69, 9.17) is 26.8 Å². The molecule has 0 fully saturated rings. The fourth-order valence-corrected chi connectivity index (χ4v) is 2.14. The van der Waals surface area contributed by atoms with E-state index in [0.717, 1.165) is 0 Å². The van der Waals surface area contributed by atoms with Crippen LogP contribution in [0.5, 0.6) is 5.75 Å². The molecule has 3 N–H and O–H groups in total. The summed E-state index contributed by atoms with van der Waals surface area (Å²) in [5, 5.41) is 2.50. The molecule has 0 saturated heterocycles. The Balaban J connectivity index is 2.11. The smallest absolute Gasteiger partial charge is 0.342 e. The molecule has 132 valence electrons. The van der Waals surface area contributed by atoms with Crippen LogP contribution in [0, 0.1) is 5.82 Å². The van der Waals surface area contributed by atoms with Gasteiger partial charge < -0.3 is 20.5 Å². The van der Waals surface area contributed by atoms with Crippen LogP contribution >= 0.6 is 11.6 Å². The van der Waals surface area contributed by atoms with E-state index in [1.165, 1.54) is 44.4 Å². The number of amides is 1. The SMILES string of the molecule is COc1cc(N)c(Cl)cc1C(=O)OC(C)C(=O)Nc1ccccc1F. The van der Waals surface area contributed by atoms with Crippen LogP contribution in [0.1, 0.15) is 17.3 Å². The van der Waals surface area contributed by atoms with Gasteiger partial charge in [0.25, 0.3) is 5.91 Å². The molecule has 1 amide bonds. The van der Waals surface area contributed by atoms with Gasteiger partial charge in [0.2, 0.25) is 0 Å². The number of halogens is 2. The molecule has 1 atom stereocenters. The lowest BCUT2D eigenvalue weighted by Crippen LogP contribution is -2.30. The molecule has 0 spiro atoms. The molecule has 0 radical (unpaired) electrons. The van der Waals surface area contributed by atoms with Crippen molar-refractivity contribution < 1.29 is 23.5 Å². The average molecular weight is 367 g/mol. The van der Waals surface area contributed by atoms with Crippen LogP contribution in [-0.4, -0.2) is 25.1 Å². The van der Waals surface area contributed by atoms with E-state index in [-0.39, 0.29) is 27.7 Å². The fourth-order valence-electron chi connectivity index (χ4n) is 1.97. The van der Waals surface area contributed by atoms with Crippen molar-refractivity contribution in [3.63, 3.8) is 0 Å². The minimum atomic E-state index is -1.17. The third kappa shape index (κ3) is 4.39. The monoisotopic (exact) mass is 366 g/mol. The average Bonchev–Trinajstić information content (AvgIpc) is 2.58. The number of nitrogen functional groups attached to an aromatic ring is 1. The van der Waals surface area contributed by atoms with Crippen LogP contribution in [0.15, 0.2) is 36.4 Å². The highest BCUT2D eigenvalue weighted by Gasteiger charge is 2.23. The molecule has 0 aliphatic rings. The summed E-state index contributed by atoms with van der Waals surface area (Å²) in [6.07, 6.45) is -1.17. The number of nitrogens with two attached hydrogens (primary N) is 1. The summed E-state index contributed by atoms with van der Waals surface area (Å²) in [5.74, 6) is -1.94. The number of hydrogen-bond acceptors (Lipinski definition) is 5. The number of carbonyl (C=O) groups is 2. The highest BCUT2D eigenvalue weighted by molar-refractivity contribution is 6.33. The molecule has 2 aromatic rings. The van der Waals surface area contributed by atoms with Crippen molar-refractivity contribution in [2.75, 3.05) is 18.2 Å². The van der Waals surface area contributed by atoms with Gasteiger partial charge in [-0.1, -0.05) is 23.7 Å². The Bertz CT molecular complexity index is 813. The molecule has 6 nitrogen and oxygen atoms in total. The third-order valence-corrected chi connectivity index (χ3v) is 3.65. The molecule has 0 heterocycles. The molecule has 2 rings (SSSR count). The number of methoxy groups -OCH3 is 1. The van der Waals surface area contributed by atoms with Crippen molar-refractivity contribution in [3.05, 3.63) is 52.8 Å². The molecule has 8 heteroatoms.